The molecule has 1 fully saturated rings. The highest BCUT2D eigenvalue weighted by atomic mass is 16.7. The Hall–Kier alpha value is -1.47. The molecule has 1 aliphatic rings. The predicted molar refractivity (Wildman–Crippen MR) is 69.0 cm³/mol. The third-order valence-electron chi connectivity index (χ3n) is 3.27. The highest BCUT2D eigenvalue weighted by Gasteiger charge is 2.45. The van der Waals surface area contributed by atoms with E-state index in [1.165, 1.54) is 7.11 Å². The van der Waals surface area contributed by atoms with E-state index < -0.39 is 36.7 Å². The van der Waals surface area contributed by atoms with Gasteiger partial charge in [0.2, 0.25) is 0 Å². The minimum absolute atomic E-state index is 0.347. The van der Waals surface area contributed by atoms with Crippen molar-refractivity contribution >= 4 is 5.97 Å². The van der Waals surface area contributed by atoms with Crippen molar-refractivity contribution < 1.29 is 29.2 Å². The molecule has 0 saturated carbocycles. The number of carbonyl (C=O) groups is 1. The van der Waals surface area contributed by atoms with Gasteiger partial charge in [0.25, 0.3) is 0 Å². The van der Waals surface area contributed by atoms with Crippen LogP contribution in [0.3, 0.4) is 0 Å². The lowest BCUT2D eigenvalue weighted by molar-refractivity contribution is -0.285. The summed E-state index contributed by atoms with van der Waals surface area (Å²) in [5.41, 5.74) is 0.347. The fourth-order valence-electron chi connectivity index (χ4n) is 2.10. The van der Waals surface area contributed by atoms with Crippen LogP contribution in [0.1, 0.15) is 17.3 Å². The third kappa shape index (κ3) is 2.99. The van der Waals surface area contributed by atoms with Gasteiger partial charge in [0.15, 0.2) is 12.4 Å². The smallest absolute Gasteiger partial charge is 0.338 e. The molecule has 0 radical (unpaired) electrons. The topological polar surface area (TPSA) is 85.2 Å². The second kappa shape index (κ2) is 6.32. The number of aliphatic hydroxyl groups excluding tert-OH is 2. The lowest BCUT2D eigenvalue weighted by Gasteiger charge is -2.40. The first kappa shape index (κ1) is 14.9. The van der Waals surface area contributed by atoms with E-state index in [9.17, 15) is 15.0 Å². The van der Waals surface area contributed by atoms with Crippen LogP contribution in [0.2, 0.25) is 0 Å². The molecule has 20 heavy (non-hydrogen) atoms. The van der Waals surface area contributed by atoms with Crippen molar-refractivity contribution in [2.45, 2.75) is 37.6 Å². The standard InChI is InChI=1S/C14H18O6/c1-8-10(15)12(11(16)14(18-2)19-8)20-13(17)9-6-4-3-5-7-9/h3-8,10-12,14-16H,1-2H3/t8?,10-,11?,12?,14+/m0/s1. The Kier molecular flexibility index (Phi) is 4.72. The number of rotatable bonds is 3. The zero-order valence-electron chi connectivity index (χ0n) is 11.3. The van der Waals surface area contributed by atoms with Crippen molar-refractivity contribution in [1.82, 2.24) is 0 Å². The molecule has 0 aliphatic carbocycles. The molecule has 2 rings (SSSR count). The van der Waals surface area contributed by atoms with Crippen molar-refractivity contribution in [2.75, 3.05) is 7.11 Å². The summed E-state index contributed by atoms with van der Waals surface area (Å²) in [6.07, 6.45) is -5.03. The summed E-state index contributed by atoms with van der Waals surface area (Å²) in [5, 5.41) is 20.0. The van der Waals surface area contributed by atoms with Crippen LogP contribution < -0.4 is 0 Å². The summed E-state index contributed by atoms with van der Waals surface area (Å²) in [6, 6.07) is 8.37. The van der Waals surface area contributed by atoms with Gasteiger partial charge >= 0.3 is 5.97 Å². The van der Waals surface area contributed by atoms with Crippen LogP contribution in [0, 0.1) is 0 Å². The SMILES string of the molecule is CO[C@@H]1OC(C)[C@H](O)C(OC(=O)c2ccccc2)C1O. The van der Waals surface area contributed by atoms with Crippen LogP contribution in [0.5, 0.6) is 0 Å². The third-order valence-corrected chi connectivity index (χ3v) is 3.27. The predicted octanol–water partition coefficient (Wildman–Crippen LogP) is 0.325. The molecule has 6 heteroatoms. The van der Waals surface area contributed by atoms with Gasteiger partial charge in [0.1, 0.15) is 12.2 Å². The van der Waals surface area contributed by atoms with Crippen molar-refractivity contribution in [1.29, 1.82) is 0 Å². The molecule has 2 N–H and O–H groups in total. The van der Waals surface area contributed by atoms with Gasteiger partial charge in [0, 0.05) is 7.11 Å². The highest BCUT2D eigenvalue weighted by molar-refractivity contribution is 5.89. The summed E-state index contributed by atoms with van der Waals surface area (Å²) in [6.45, 7) is 1.62. The maximum absolute atomic E-state index is 12.0. The Bertz CT molecular complexity index is 448. The molecule has 3 unspecified atom stereocenters. The Labute approximate surface area is 116 Å². The van der Waals surface area contributed by atoms with Gasteiger partial charge in [-0.2, -0.15) is 0 Å². The number of hydrogen-bond donors (Lipinski definition) is 2. The van der Waals surface area contributed by atoms with E-state index in [1.807, 2.05) is 0 Å². The molecular formula is C14H18O6. The van der Waals surface area contributed by atoms with Gasteiger partial charge in [0.05, 0.1) is 11.7 Å². The number of benzene rings is 1. The van der Waals surface area contributed by atoms with Crippen LogP contribution in [0.25, 0.3) is 0 Å². The molecule has 6 nitrogen and oxygen atoms in total. The number of hydrogen-bond acceptors (Lipinski definition) is 6. The van der Waals surface area contributed by atoms with Gasteiger partial charge in [-0.1, -0.05) is 18.2 Å². The van der Waals surface area contributed by atoms with Crippen molar-refractivity contribution in [3.63, 3.8) is 0 Å². The Balaban J connectivity index is 2.11. The first-order valence-electron chi connectivity index (χ1n) is 6.35. The van der Waals surface area contributed by atoms with Crippen molar-refractivity contribution in [3.8, 4) is 0 Å². The largest absolute Gasteiger partial charge is 0.453 e. The maximum atomic E-state index is 12.0. The summed E-state index contributed by atoms with van der Waals surface area (Å²) >= 11 is 0. The highest BCUT2D eigenvalue weighted by Crippen LogP contribution is 2.24. The summed E-state index contributed by atoms with van der Waals surface area (Å²) < 4.78 is 15.4. The maximum Gasteiger partial charge on any atom is 0.338 e. The van der Waals surface area contributed by atoms with E-state index >= 15 is 0 Å². The van der Waals surface area contributed by atoms with Gasteiger partial charge in [-0.3, -0.25) is 0 Å². The fourth-order valence-corrected chi connectivity index (χ4v) is 2.10. The molecule has 110 valence electrons. The van der Waals surface area contributed by atoms with E-state index in [0.29, 0.717) is 5.56 Å². The lowest BCUT2D eigenvalue weighted by atomic mass is 9.99. The molecule has 1 aromatic carbocycles. The second-order valence-electron chi connectivity index (χ2n) is 4.66. The summed E-state index contributed by atoms with van der Waals surface area (Å²) in [7, 11) is 1.37. The number of carbonyl (C=O) groups excluding carboxylic acids is 1. The summed E-state index contributed by atoms with van der Waals surface area (Å²) in [4.78, 5) is 12.0. The van der Waals surface area contributed by atoms with Crippen molar-refractivity contribution in [3.05, 3.63) is 35.9 Å². The molecule has 1 aromatic rings. The van der Waals surface area contributed by atoms with Crippen LogP contribution in [0.15, 0.2) is 30.3 Å². The molecule has 0 aromatic heterocycles. The van der Waals surface area contributed by atoms with Crippen LogP contribution >= 0.6 is 0 Å². The van der Waals surface area contributed by atoms with Crippen LogP contribution in [0.4, 0.5) is 0 Å². The average Bonchev–Trinajstić information content (AvgIpc) is 2.48. The quantitative estimate of drug-likeness (QED) is 0.777. The molecule has 1 saturated heterocycles. The number of methoxy groups -OCH3 is 1. The normalized spacial score (nSPS) is 33.7. The zero-order valence-corrected chi connectivity index (χ0v) is 11.3. The molecule has 0 spiro atoms. The van der Waals surface area contributed by atoms with E-state index in [4.69, 9.17) is 14.2 Å². The minimum atomic E-state index is -1.25. The van der Waals surface area contributed by atoms with Gasteiger partial charge < -0.3 is 24.4 Å². The first-order valence-corrected chi connectivity index (χ1v) is 6.35. The molecule has 1 aliphatic heterocycles. The first-order chi connectivity index (χ1) is 9.54. The lowest BCUT2D eigenvalue weighted by Crippen LogP contribution is -2.58. The number of ether oxygens (including phenoxy) is 3. The average molecular weight is 282 g/mol. The number of aliphatic hydroxyl groups is 2. The van der Waals surface area contributed by atoms with Gasteiger partial charge in [-0.15, -0.1) is 0 Å². The number of esters is 1. The second-order valence-corrected chi connectivity index (χ2v) is 4.66. The molecule has 0 bridgehead atoms. The Morgan fingerprint density at radius 1 is 1.20 bits per heavy atom. The zero-order chi connectivity index (χ0) is 14.7. The van der Waals surface area contributed by atoms with Crippen molar-refractivity contribution in [2.24, 2.45) is 0 Å². The summed E-state index contributed by atoms with van der Waals surface area (Å²) in [5.74, 6) is -0.613. The van der Waals surface area contributed by atoms with Crippen LogP contribution in [-0.4, -0.2) is 54.0 Å². The fraction of sp³-hybridized carbons (Fsp3) is 0.500. The molecule has 5 atom stereocenters. The Morgan fingerprint density at radius 3 is 2.45 bits per heavy atom. The monoisotopic (exact) mass is 282 g/mol. The van der Waals surface area contributed by atoms with E-state index in [2.05, 4.69) is 0 Å². The van der Waals surface area contributed by atoms with Crippen LogP contribution in [-0.2, 0) is 14.2 Å². The molecule has 0 amide bonds. The Morgan fingerprint density at radius 2 is 1.85 bits per heavy atom. The van der Waals surface area contributed by atoms with Gasteiger partial charge in [-0.25, -0.2) is 4.79 Å². The van der Waals surface area contributed by atoms with E-state index in [-0.39, 0.29) is 0 Å². The van der Waals surface area contributed by atoms with E-state index in [1.54, 1.807) is 37.3 Å². The van der Waals surface area contributed by atoms with E-state index in [0.717, 1.165) is 0 Å². The molecule has 1 heterocycles. The minimum Gasteiger partial charge on any atom is -0.453 e. The van der Waals surface area contributed by atoms with Gasteiger partial charge in [-0.05, 0) is 19.1 Å². The molecular weight excluding hydrogens is 264 g/mol.